The van der Waals surface area contributed by atoms with Crippen molar-refractivity contribution >= 4 is 0 Å². The molecule has 3 heteroatoms. The minimum absolute atomic E-state index is 0.168. The van der Waals surface area contributed by atoms with Crippen LogP contribution in [-0.4, -0.2) is 0 Å². The maximum absolute atomic E-state index is 13.2. The summed E-state index contributed by atoms with van der Waals surface area (Å²) in [6, 6.07) is 1.51. The Morgan fingerprint density at radius 3 is 2.40 bits per heavy atom. The zero-order chi connectivity index (χ0) is 11.4. The van der Waals surface area contributed by atoms with E-state index in [1.807, 2.05) is 6.92 Å². The lowest BCUT2D eigenvalue weighted by Gasteiger charge is -2.09. The maximum atomic E-state index is 13.2. The van der Waals surface area contributed by atoms with Crippen molar-refractivity contribution in [3.8, 4) is 0 Å². The van der Waals surface area contributed by atoms with Gasteiger partial charge in [-0.1, -0.05) is 13.0 Å². The molecule has 0 fully saturated rings. The highest BCUT2D eigenvalue weighted by molar-refractivity contribution is 5.20. The predicted molar refractivity (Wildman–Crippen MR) is 54.0 cm³/mol. The standard InChI is InChI=1S/C12H13F3/c1-3-4-8(2)5-9-6-11(14)12(15)7-10(9)13/h3,6-8H,1,4-5H2,2H3. The molecule has 1 unspecified atom stereocenters. The summed E-state index contributed by atoms with van der Waals surface area (Å²) in [5.41, 5.74) is 0.211. The van der Waals surface area contributed by atoms with E-state index in [4.69, 9.17) is 0 Å². The van der Waals surface area contributed by atoms with Gasteiger partial charge < -0.3 is 0 Å². The van der Waals surface area contributed by atoms with Crippen LogP contribution in [0.2, 0.25) is 0 Å². The van der Waals surface area contributed by atoms with E-state index in [9.17, 15) is 13.2 Å². The summed E-state index contributed by atoms with van der Waals surface area (Å²) in [7, 11) is 0. The van der Waals surface area contributed by atoms with Crippen LogP contribution in [0, 0.1) is 23.4 Å². The molecule has 0 N–H and O–H groups in total. The highest BCUT2D eigenvalue weighted by Crippen LogP contribution is 2.18. The third kappa shape index (κ3) is 3.11. The number of hydrogen-bond acceptors (Lipinski definition) is 0. The van der Waals surface area contributed by atoms with Gasteiger partial charge in [-0.05, 0) is 30.4 Å². The van der Waals surface area contributed by atoms with Crippen LogP contribution in [0.1, 0.15) is 18.9 Å². The van der Waals surface area contributed by atoms with Crippen molar-refractivity contribution in [3.05, 3.63) is 47.8 Å². The first-order valence-corrected chi connectivity index (χ1v) is 4.79. The van der Waals surface area contributed by atoms with E-state index in [-0.39, 0.29) is 11.5 Å². The van der Waals surface area contributed by atoms with Gasteiger partial charge in [-0.3, -0.25) is 0 Å². The van der Waals surface area contributed by atoms with Gasteiger partial charge in [0.2, 0.25) is 0 Å². The van der Waals surface area contributed by atoms with Gasteiger partial charge in [0.1, 0.15) is 5.82 Å². The molecule has 0 saturated carbocycles. The molecule has 1 aromatic carbocycles. The predicted octanol–water partition coefficient (Wildman–Crippen LogP) is 3.86. The molecule has 1 aromatic rings. The topological polar surface area (TPSA) is 0 Å². The Kier molecular flexibility index (Phi) is 3.95. The Bertz CT molecular complexity index is 358. The molecule has 0 aliphatic rings. The SMILES string of the molecule is C=CCC(C)Cc1cc(F)c(F)cc1F. The lowest BCUT2D eigenvalue weighted by atomic mass is 9.98. The highest BCUT2D eigenvalue weighted by Gasteiger charge is 2.11. The van der Waals surface area contributed by atoms with Gasteiger partial charge in [0.05, 0.1) is 0 Å². The second-order valence-corrected chi connectivity index (χ2v) is 3.69. The number of halogens is 3. The van der Waals surface area contributed by atoms with Crippen LogP contribution < -0.4 is 0 Å². The summed E-state index contributed by atoms with van der Waals surface area (Å²) in [6.07, 6.45) is 2.83. The highest BCUT2D eigenvalue weighted by atomic mass is 19.2. The van der Waals surface area contributed by atoms with Crippen LogP contribution in [-0.2, 0) is 6.42 Å². The van der Waals surface area contributed by atoms with E-state index in [0.717, 1.165) is 12.5 Å². The van der Waals surface area contributed by atoms with Crippen LogP contribution >= 0.6 is 0 Å². The third-order valence-electron chi connectivity index (χ3n) is 2.23. The Morgan fingerprint density at radius 2 is 1.80 bits per heavy atom. The summed E-state index contributed by atoms with van der Waals surface area (Å²) < 4.78 is 38.6. The third-order valence-corrected chi connectivity index (χ3v) is 2.23. The summed E-state index contributed by atoms with van der Waals surface area (Å²) >= 11 is 0. The van der Waals surface area contributed by atoms with E-state index in [1.165, 1.54) is 0 Å². The first-order chi connectivity index (χ1) is 7.04. The van der Waals surface area contributed by atoms with Crippen molar-refractivity contribution < 1.29 is 13.2 Å². The first-order valence-electron chi connectivity index (χ1n) is 4.79. The fourth-order valence-corrected chi connectivity index (χ4v) is 1.46. The smallest absolute Gasteiger partial charge is 0.161 e. The Hall–Kier alpha value is -1.25. The summed E-state index contributed by atoms with van der Waals surface area (Å²) in [4.78, 5) is 0. The molecule has 15 heavy (non-hydrogen) atoms. The molecule has 0 aromatic heterocycles. The van der Waals surface area contributed by atoms with Gasteiger partial charge in [0.25, 0.3) is 0 Å². The Balaban J connectivity index is 2.85. The minimum atomic E-state index is -1.15. The zero-order valence-corrected chi connectivity index (χ0v) is 8.56. The second kappa shape index (κ2) is 5.01. The van der Waals surface area contributed by atoms with Crippen molar-refractivity contribution in [3.63, 3.8) is 0 Å². The molecule has 0 heterocycles. The molecule has 1 atom stereocenters. The van der Waals surface area contributed by atoms with E-state index in [0.29, 0.717) is 12.5 Å². The van der Waals surface area contributed by atoms with Gasteiger partial charge in [0.15, 0.2) is 11.6 Å². The molecule has 0 radical (unpaired) electrons. The number of allylic oxidation sites excluding steroid dienone is 1. The van der Waals surface area contributed by atoms with E-state index < -0.39 is 17.5 Å². The van der Waals surface area contributed by atoms with Gasteiger partial charge in [0, 0.05) is 6.07 Å². The molecule has 0 bridgehead atoms. The molecular weight excluding hydrogens is 201 g/mol. The fraction of sp³-hybridized carbons (Fsp3) is 0.333. The first kappa shape index (κ1) is 11.8. The number of hydrogen-bond donors (Lipinski definition) is 0. The van der Waals surface area contributed by atoms with Crippen LogP contribution in [0.4, 0.5) is 13.2 Å². The Labute approximate surface area is 87.4 Å². The minimum Gasteiger partial charge on any atom is -0.207 e. The zero-order valence-electron chi connectivity index (χ0n) is 8.56. The Morgan fingerprint density at radius 1 is 1.20 bits per heavy atom. The van der Waals surface area contributed by atoms with Gasteiger partial charge in [-0.15, -0.1) is 6.58 Å². The number of benzene rings is 1. The maximum Gasteiger partial charge on any atom is 0.161 e. The summed E-state index contributed by atoms with van der Waals surface area (Å²) in [5, 5.41) is 0. The van der Waals surface area contributed by atoms with Crippen LogP contribution in [0.25, 0.3) is 0 Å². The molecule has 0 aliphatic heterocycles. The largest absolute Gasteiger partial charge is 0.207 e. The normalized spacial score (nSPS) is 12.5. The molecule has 0 spiro atoms. The van der Waals surface area contributed by atoms with Crippen molar-refractivity contribution in [2.75, 3.05) is 0 Å². The monoisotopic (exact) mass is 214 g/mol. The average Bonchev–Trinajstić information content (AvgIpc) is 2.14. The lowest BCUT2D eigenvalue weighted by Crippen LogP contribution is -2.02. The molecule has 82 valence electrons. The lowest BCUT2D eigenvalue weighted by molar-refractivity contribution is 0.482. The van der Waals surface area contributed by atoms with Gasteiger partial charge >= 0.3 is 0 Å². The molecule has 0 aliphatic carbocycles. The van der Waals surface area contributed by atoms with Crippen molar-refractivity contribution in [2.45, 2.75) is 19.8 Å². The van der Waals surface area contributed by atoms with E-state index in [2.05, 4.69) is 6.58 Å². The van der Waals surface area contributed by atoms with Crippen LogP contribution in [0.5, 0.6) is 0 Å². The molecule has 0 amide bonds. The fourth-order valence-electron chi connectivity index (χ4n) is 1.46. The van der Waals surface area contributed by atoms with E-state index >= 15 is 0 Å². The summed E-state index contributed by atoms with van der Waals surface area (Å²) in [6.45, 7) is 5.47. The molecule has 0 saturated heterocycles. The average molecular weight is 214 g/mol. The summed E-state index contributed by atoms with van der Waals surface area (Å²) in [5.74, 6) is -2.67. The van der Waals surface area contributed by atoms with Crippen LogP contribution in [0.15, 0.2) is 24.8 Å². The molecule has 0 nitrogen and oxygen atoms in total. The van der Waals surface area contributed by atoms with Gasteiger partial charge in [-0.25, -0.2) is 13.2 Å². The second-order valence-electron chi connectivity index (χ2n) is 3.69. The van der Waals surface area contributed by atoms with E-state index in [1.54, 1.807) is 6.08 Å². The van der Waals surface area contributed by atoms with Gasteiger partial charge in [-0.2, -0.15) is 0 Å². The van der Waals surface area contributed by atoms with Crippen molar-refractivity contribution in [1.82, 2.24) is 0 Å². The van der Waals surface area contributed by atoms with Crippen molar-refractivity contribution in [2.24, 2.45) is 5.92 Å². The molecule has 1 rings (SSSR count). The molecular formula is C12H13F3. The van der Waals surface area contributed by atoms with Crippen molar-refractivity contribution in [1.29, 1.82) is 0 Å². The quantitative estimate of drug-likeness (QED) is 0.527. The number of rotatable bonds is 4. The van der Waals surface area contributed by atoms with Crippen LogP contribution in [0.3, 0.4) is 0 Å².